The number of pyridine rings is 1. The molecule has 35 heavy (non-hydrogen) atoms. The first-order valence-corrected chi connectivity index (χ1v) is 12.0. The lowest BCUT2D eigenvalue weighted by atomic mass is 9.93. The largest absolute Gasteiger partial charge is 0.309 e. The molecule has 1 aliphatic carbocycles. The van der Waals surface area contributed by atoms with Crippen molar-refractivity contribution in [3.63, 3.8) is 0 Å². The summed E-state index contributed by atoms with van der Waals surface area (Å²) in [5.41, 5.74) is 11.4. The van der Waals surface area contributed by atoms with Gasteiger partial charge in [-0.05, 0) is 74.5 Å². The maximum Gasteiger partial charge on any atom is 0.0571 e. The van der Waals surface area contributed by atoms with Gasteiger partial charge in [0.15, 0.2) is 0 Å². The van der Waals surface area contributed by atoms with E-state index >= 15 is 0 Å². The lowest BCUT2D eigenvalue weighted by molar-refractivity contribution is 1.17. The Bertz CT molecular complexity index is 1910. The summed E-state index contributed by atoms with van der Waals surface area (Å²) < 4.78 is 2.33. The maximum absolute atomic E-state index is 4.46. The van der Waals surface area contributed by atoms with Crippen LogP contribution in [0.5, 0.6) is 0 Å². The molecule has 0 amide bonds. The zero-order valence-electron chi connectivity index (χ0n) is 18.9. The second kappa shape index (κ2) is 6.91. The van der Waals surface area contributed by atoms with Gasteiger partial charge < -0.3 is 4.57 Å². The Labute approximate surface area is 202 Å². The van der Waals surface area contributed by atoms with Crippen LogP contribution in [0.4, 0.5) is 0 Å². The zero-order chi connectivity index (χ0) is 22.9. The van der Waals surface area contributed by atoms with Gasteiger partial charge in [-0.3, -0.25) is 4.98 Å². The zero-order valence-corrected chi connectivity index (χ0v) is 18.9. The molecule has 0 saturated carbocycles. The van der Waals surface area contributed by atoms with Crippen LogP contribution in [0.25, 0.3) is 71.6 Å². The summed E-state index contributed by atoms with van der Waals surface area (Å²) in [6.07, 6.45) is 3.87. The Morgan fingerprint density at radius 1 is 0.486 bits per heavy atom. The van der Waals surface area contributed by atoms with E-state index in [1.54, 1.807) is 0 Å². The van der Waals surface area contributed by atoms with E-state index in [4.69, 9.17) is 0 Å². The molecule has 0 unspecified atom stereocenters. The standard InChI is InChI=1S/C33H20N2/c1-2-7-22(8-3-1)35-31-16-13-21(19-29(31)30-20-34-18-17-32(30)35)23-14-15-28-25-10-5-4-9-24(25)27-12-6-11-26(23)33(27)28/h1-20H. The Hall–Kier alpha value is -4.69. The van der Waals surface area contributed by atoms with Crippen LogP contribution in [0.3, 0.4) is 0 Å². The molecule has 162 valence electrons. The molecule has 2 nitrogen and oxygen atoms in total. The molecule has 0 bridgehead atoms. The summed E-state index contributed by atoms with van der Waals surface area (Å²) in [6.45, 7) is 0. The fourth-order valence-corrected chi connectivity index (χ4v) is 5.95. The maximum atomic E-state index is 4.46. The minimum absolute atomic E-state index is 1.16. The van der Waals surface area contributed by atoms with Crippen LogP contribution in [-0.2, 0) is 0 Å². The van der Waals surface area contributed by atoms with E-state index in [1.165, 1.54) is 66.0 Å². The Morgan fingerprint density at radius 2 is 1.20 bits per heavy atom. The molecule has 1 aliphatic rings. The van der Waals surface area contributed by atoms with Crippen LogP contribution in [0, 0.1) is 0 Å². The molecule has 0 saturated heterocycles. The summed E-state index contributed by atoms with van der Waals surface area (Å²) in [7, 11) is 0. The fourth-order valence-electron chi connectivity index (χ4n) is 5.95. The third kappa shape index (κ3) is 2.51. The van der Waals surface area contributed by atoms with E-state index in [9.17, 15) is 0 Å². The topological polar surface area (TPSA) is 17.8 Å². The van der Waals surface area contributed by atoms with Crippen molar-refractivity contribution in [1.82, 2.24) is 9.55 Å². The number of hydrogen-bond donors (Lipinski definition) is 0. The molecule has 0 spiro atoms. The summed E-state index contributed by atoms with van der Waals surface area (Å²) in [6, 6.07) is 39.6. The first-order chi connectivity index (χ1) is 17.4. The van der Waals surface area contributed by atoms with Gasteiger partial charge in [0.05, 0.1) is 11.0 Å². The van der Waals surface area contributed by atoms with E-state index in [1.807, 2.05) is 12.4 Å². The molecule has 5 aromatic carbocycles. The van der Waals surface area contributed by atoms with Gasteiger partial charge in [-0.15, -0.1) is 0 Å². The molecule has 0 atom stereocenters. The van der Waals surface area contributed by atoms with Crippen LogP contribution >= 0.6 is 0 Å². The van der Waals surface area contributed by atoms with Crippen LogP contribution < -0.4 is 0 Å². The highest BCUT2D eigenvalue weighted by Gasteiger charge is 2.22. The molecular formula is C33H20N2. The number of fused-ring (bicyclic) bond motifs is 6. The second-order valence-corrected chi connectivity index (χ2v) is 9.23. The molecule has 7 aromatic rings. The van der Waals surface area contributed by atoms with Crippen molar-refractivity contribution in [3.8, 4) is 39.1 Å². The number of nitrogens with zero attached hydrogens (tertiary/aromatic N) is 2. The third-order valence-corrected chi connectivity index (χ3v) is 7.44. The highest BCUT2D eigenvalue weighted by Crippen LogP contribution is 2.49. The second-order valence-electron chi connectivity index (χ2n) is 9.23. The number of rotatable bonds is 2. The van der Waals surface area contributed by atoms with Gasteiger partial charge in [-0.2, -0.15) is 0 Å². The predicted octanol–water partition coefficient (Wildman–Crippen LogP) is 8.65. The first-order valence-electron chi connectivity index (χ1n) is 12.0. The third-order valence-electron chi connectivity index (χ3n) is 7.44. The minimum atomic E-state index is 1.16. The quantitative estimate of drug-likeness (QED) is 0.261. The number of hydrogen-bond acceptors (Lipinski definition) is 1. The van der Waals surface area contributed by atoms with E-state index in [0.717, 1.165) is 5.69 Å². The van der Waals surface area contributed by atoms with Crippen LogP contribution in [-0.4, -0.2) is 9.55 Å². The summed E-state index contributed by atoms with van der Waals surface area (Å²) in [5.74, 6) is 0. The average molecular weight is 445 g/mol. The van der Waals surface area contributed by atoms with Crippen molar-refractivity contribution < 1.29 is 0 Å². The molecule has 8 rings (SSSR count). The van der Waals surface area contributed by atoms with Gasteiger partial charge in [0.2, 0.25) is 0 Å². The summed E-state index contributed by atoms with van der Waals surface area (Å²) >= 11 is 0. The lowest BCUT2D eigenvalue weighted by Crippen LogP contribution is -1.93. The molecule has 2 aromatic heterocycles. The highest BCUT2D eigenvalue weighted by molar-refractivity contribution is 6.19. The van der Waals surface area contributed by atoms with Crippen LogP contribution in [0.2, 0.25) is 0 Å². The Kier molecular flexibility index (Phi) is 3.69. The van der Waals surface area contributed by atoms with Crippen molar-refractivity contribution in [3.05, 3.63) is 122 Å². The van der Waals surface area contributed by atoms with Gasteiger partial charge in [0.25, 0.3) is 0 Å². The van der Waals surface area contributed by atoms with E-state index in [-0.39, 0.29) is 0 Å². The number of aromatic nitrogens is 2. The van der Waals surface area contributed by atoms with E-state index in [2.05, 4.69) is 119 Å². The van der Waals surface area contributed by atoms with Gasteiger partial charge >= 0.3 is 0 Å². The van der Waals surface area contributed by atoms with Gasteiger partial charge in [-0.25, -0.2) is 0 Å². The van der Waals surface area contributed by atoms with Crippen LogP contribution in [0.1, 0.15) is 0 Å². The van der Waals surface area contributed by atoms with Gasteiger partial charge in [0.1, 0.15) is 0 Å². The fraction of sp³-hybridized carbons (Fsp3) is 0. The van der Waals surface area contributed by atoms with Crippen LogP contribution in [0.15, 0.2) is 122 Å². The molecule has 0 N–H and O–H groups in total. The van der Waals surface area contributed by atoms with Crippen molar-refractivity contribution in [1.29, 1.82) is 0 Å². The average Bonchev–Trinajstić information content (AvgIpc) is 3.43. The number of para-hydroxylation sites is 1. The molecular weight excluding hydrogens is 424 g/mol. The Morgan fingerprint density at radius 3 is 2.06 bits per heavy atom. The molecule has 0 fully saturated rings. The molecule has 2 heterocycles. The van der Waals surface area contributed by atoms with Crippen molar-refractivity contribution in [2.75, 3.05) is 0 Å². The van der Waals surface area contributed by atoms with E-state index in [0.29, 0.717) is 0 Å². The van der Waals surface area contributed by atoms with Gasteiger partial charge in [0, 0.05) is 28.9 Å². The van der Waals surface area contributed by atoms with Crippen molar-refractivity contribution >= 4 is 32.6 Å². The SMILES string of the molecule is c1ccc(-n2c3ccncc3c3cc(-c4ccc5c6c(cccc46)-c4ccccc4-5)ccc32)cc1. The summed E-state index contributed by atoms with van der Waals surface area (Å²) in [4.78, 5) is 4.46. The highest BCUT2D eigenvalue weighted by atomic mass is 15.0. The van der Waals surface area contributed by atoms with Crippen molar-refractivity contribution in [2.24, 2.45) is 0 Å². The molecule has 0 aliphatic heterocycles. The van der Waals surface area contributed by atoms with Gasteiger partial charge in [-0.1, -0.05) is 78.9 Å². The monoisotopic (exact) mass is 444 g/mol. The lowest BCUT2D eigenvalue weighted by Gasteiger charge is -2.11. The predicted molar refractivity (Wildman–Crippen MR) is 146 cm³/mol. The smallest absolute Gasteiger partial charge is 0.0571 e. The van der Waals surface area contributed by atoms with E-state index < -0.39 is 0 Å². The van der Waals surface area contributed by atoms with Crippen molar-refractivity contribution in [2.45, 2.75) is 0 Å². The number of benzene rings is 5. The first kappa shape index (κ1) is 18.7. The normalized spacial score (nSPS) is 12.0. The molecule has 0 radical (unpaired) electrons. The summed E-state index contributed by atoms with van der Waals surface area (Å²) in [5, 5.41) is 5.06. The molecule has 2 heteroatoms. The Balaban J connectivity index is 1.41. The minimum Gasteiger partial charge on any atom is -0.309 e.